The summed E-state index contributed by atoms with van der Waals surface area (Å²) in [5.74, 6) is 1.01. The van der Waals surface area contributed by atoms with Crippen molar-refractivity contribution in [3.05, 3.63) is 66.2 Å². The molecule has 0 spiro atoms. The number of benzene rings is 2. The van der Waals surface area contributed by atoms with Crippen molar-refractivity contribution >= 4 is 5.91 Å². The molecule has 0 radical (unpaired) electrons. The van der Waals surface area contributed by atoms with Crippen molar-refractivity contribution in [2.24, 2.45) is 0 Å². The molecule has 28 heavy (non-hydrogen) atoms. The molecule has 1 fully saturated rings. The molecule has 1 heterocycles. The molecule has 0 bridgehead atoms. The third kappa shape index (κ3) is 5.81. The maximum atomic E-state index is 12.7. The van der Waals surface area contributed by atoms with E-state index in [2.05, 4.69) is 15.1 Å². The van der Waals surface area contributed by atoms with Crippen LogP contribution in [0.3, 0.4) is 0 Å². The van der Waals surface area contributed by atoms with Gasteiger partial charge in [0.1, 0.15) is 12.4 Å². The highest BCUT2D eigenvalue weighted by Crippen LogP contribution is 2.13. The van der Waals surface area contributed by atoms with Crippen LogP contribution in [0.2, 0.25) is 0 Å². The van der Waals surface area contributed by atoms with Gasteiger partial charge in [0.05, 0.1) is 12.1 Å². The summed E-state index contributed by atoms with van der Waals surface area (Å²) in [5, 5.41) is 3.14. The SMILES string of the molecule is CC(NC(=O)C(C)N1CCN(CCOc2ccccc2)CC1)c1ccccc1. The number of rotatable bonds is 8. The van der Waals surface area contributed by atoms with Crippen LogP contribution in [0.1, 0.15) is 25.5 Å². The smallest absolute Gasteiger partial charge is 0.237 e. The minimum Gasteiger partial charge on any atom is -0.492 e. The van der Waals surface area contributed by atoms with Gasteiger partial charge in [0.15, 0.2) is 0 Å². The summed E-state index contributed by atoms with van der Waals surface area (Å²) in [6.45, 7) is 9.36. The average molecular weight is 382 g/mol. The molecule has 1 amide bonds. The standard InChI is InChI=1S/C23H31N3O2/c1-19(21-9-5-3-6-10-21)24-23(27)20(2)26-15-13-25(14-16-26)17-18-28-22-11-7-4-8-12-22/h3-12,19-20H,13-18H2,1-2H3,(H,24,27). The van der Waals surface area contributed by atoms with Crippen LogP contribution in [-0.2, 0) is 4.79 Å². The van der Waals surface area contributed by atoms with Crippen molar-refractivity contribution in [1.82, 2.24) is 15.1 Å². The molecule has 1 aliphatic heterocycles. The Kier molecular flexibility index (Phi) is 7.46. The largest absolute Gasteiger partial charge is 0.492 e. The summed E-state index contributed by atoms with van der Waals surface area (Å²) in [4.78, 5) is 17.3. The van der Waals surface area contributed by atoms with Crippen LogP contribution in [0.4, 0.5) is 0 Å². The summed E-state index contributed by atoms with van der Waals surface area (Å²) in [7, 11) is 0. The molecule has 150 valence electrons. The zero-order valence-corrected chi connectivity index (χ0v) is 16.9. The zero-order chi connectivity index (χ0) is 19.8. The molecule has 0 saturated carbocycles. The van der Waals surface area contributed by atoms with Crippen molar-refractivity contribution in [2.75, 3.05) is 39.3 Å². The quantitative estimate of drug-likeness (QED) is 0.764. The third-order valence-electron chi connectivity index (χ3n) is 5.41. The molecule has 5 heteroatoms. The van der Waals surface area contributed by atoms with Gasteiger partial charge in [-0.3, -0.25) is 14.6 Å². The van der Waals surface area contributed by atoms with E-state index in [4.69, 9.17) is 4.74 Å². The first-order chi connectivity index (χ1) is 13.6. The monoisotopic (exact) mass is 381 g/mol. The first-order valence-corrected chi connectivity index (χ1v) is 10.1. The van der Waals surface area contributed by atoms with Crippen LogP contribution in [-0.4, -0.2) is 61.1 Å². The fourth-order valence-electron chi connectivity index (χ4n) is 3.51. The van der Waals surface area contributed by atoms with Crippen molar-refractivity contribution in [3.63, 3.8) is 0 Å². The van der Waals surface area contributed by atoms with Crippen LogP contribution in [0.25, 0.3) is 0 Å². The number of para-hydroxylation sites is 1. The lowest BCUT2D eigenvalue weighted by atomic mass is 10.1. The van der Waals surface area contributed by atoms with Crippen LogP contribution < -0.4 is 10.1 Å². The molecule has 2 unspecified atom stereocenters. The van der Waals surface area contributed by atoms with Crippen LogP contribution in [0.15, 0.2) is 60.7 Å². The molecule has 1 aliphatic rings. The number of hydrogen-bond donors (Lipinski definition) is 1. The lowest BCUT2D eigenvalue weighted by Gasteiger charge is -2.37. The van der Waals surface area contributed by atoms with Crippen LogP contribution >= 0.6 is 0 Å². The molecule has 2 aromatic carbocycles. The van der Waals surface area contributed by atoms with Crippen molar-refractivity contribution < 1.29 is 9.53 Å². The highest BCUT2D eigenvalue weighted by molar-refractivity contribution is 5.81. The van der Waals surface area contributed by atoms with Gasteiger partial charge in [-0.1, -0.05) is 48.5 Å². The Morgan fingerprint density at radius 1 is 0.964 bits per heavy atom. The number of carbonyl (C=O) groups is 1. The summed E-state index contributed by atoms with van der Waals surface area (Å²) < 4.78 is 5.79. The number of piperazine rings is 1. The van der Waals surface area contributed by atoms with Gasteiger partial charge in [-0.2, -0.15) is 0 Å². The van der Waals surface area contributed by atoms with Gasteiger partial charge >= 0.3 is 0 Å². The van der Waals surface area contributed by atoms with Gasteiger partial charge in [-0.15, -0.1) is 0 Å². The van der Waals surface area contributed by atoms with Crippen molar-refractivity contribution in [2.45, 2.75) is 25.9 Å². The number of carbonyl (C=O) groups excluding carboxylic acids is 1. The van der Waals surface area contributed by atoms with E-state index in [9.17, 15) is 4.79 Å². The summed E-state index contributed by atoms with van der Waals surface area (Å²) in [6.07, 6.45) is 0. The summed E-state index contributed by atoms with van der Waals surface area (Å²) in [6, 6.07) is 19.9. The van der Waals surface area contributed by atoms with E-state index in [1.54, 1.807) is 0 Å². The highest BCUT2D eigenvalue weighted by atomic mass is 16.5. The third-order valence-corrected chi connectivity index (χ3v) is 5.41. The van der Waals surface area contributed by atoms with E-state index < -0.39 is 0 Å². The first-order valence-electron chi connectivity index (χ1n) is 10.1. The maximum absolute atomic E-state index is 12.7. The molecule has 2 aromatic rings. The Morgan fingerprint density at radius 2 is 1.57 bits per heavy atom. The van der Waals surface area contributed by atoms with E-state index in [0.29, 0.717) is 6.61 Å². The van der Waals surface area contributed by atoms with E-state index in [1.165, 1.54) is 0 Å². The number of nitrogens with one attached hydrogen (secondary N) is 1. The van der Waals surface area contributed by atoms with E-state index in [0.717, 1.165) is 44.0 Å². The van der Waals surface area contributed by atoms with E-state index >= 15 is 0 Å². The Labute approximate surface area is 168 Å². The molecule has 1 N–H and O–H groups in total. The summed E-state index contributed by atoms with van der Waals surface area (Å²) in [5.41, 5.74) is 1.13. The molecule has 0 aliphatic carbocycles. The number of amides is 1. The highest BCUT2D eigenvalue weighted by Gasteiger charge is 2.26. The number of hydrogen-bond acceptors (Lipinski definition) is 4. The minimum absolute atomic E-state index is 0.0209. The van der Waals surface area contributed by atoms with Crippen LogP contribution in [0, 0.1) is 0 Å². The van der Waals surface area contributed by atoms with Crippen molar-refractivity contribution in [1.29, 1.82) is 0 Å². The number of ether oxygens (including phenoxy) is 1. The predicted molar refractivity (Wildman–Crippen MR) is 112 cm³/mol. The molecule has 3 rings (SSSR count). The zero-order valence-electron chi connectivity index (χ0n) is 16.9. The molecule has 2 atom stereocenters. The normalized spacial score (nSPS) is 17.6. The molecular formula is C23H31N3O2. The lowest BCUT2D eigenvalue weighted by molar-refractivity contribution is -0.127. The van der Waals surface area contributed by atoms with Gasteiger partial charge in [0.2, 0.25) is 5.91 Å². The molecule has 5 nitrogen and oxygen atoms in total. The second-order valence-corrected chi connectivity index (χ2v) is 7.36. The molecule has 1 saturated heterocycles. The number of nitrogens with zero attached hydrogens (tertiary/aromatic N) is 2. The topological polar surface area (TPSA) is 44.8 Å². The summed E-state index contributed by atoms with van der Waals surface area (Å²) >= 11 is 0. The van der Waals surface area contributed by atoms with Gasteiger partial charge in [-0.05, 0) is 31.5 Å². The maximum Gasteiger partial charge on any atom is 0.237 e. The second-order valence-electron chi connectivity index (χ2n) is 7.36. The Morgan fingerprint density at radius 3 is 2.21 bits per heavy atom. The van der Waals surface area contributed by atoms with Gasteiger partial charge in [0, 0.05) is 32.7 Å². The average Bonchev–Trinajstić information content (AvgIpc) is 2.75. The van der Waals surface area contributed by atoms with Gasteiger partial charge in [0.25, 0.3) is 0 Å². The van der Waals surface area contributed by atoms with Crippen molar-refractivity contribution in [3.8, 4) is 5.75 Å². The van der Waals surface area contributed by atoms with E-state index in [1.807, 2.05) is 74.5 Å². The van der Waals surface area contributed by atoms with E-state index in [-0.39, 0.29) is 18.0 Å². The molecule has 0 aromatic heterocycles. The fourth-order valence-corrected chi connectivity index (χ4v) is 3.51. The lowest BCUT2D eigenvalue weighted by Crippen LogP contribution is -2.54. The first kappa shape index (κ1) is 20.4. The van der Waals surface area contributed by atoms with Crippen LogP contribution in [0.5, 0.6) is 5.75 Å². The predicted octanol–water partition coefficient (Wildman–Crippen LogP) is 2.95. The molecular weight excluding hydrogens is 350 g/mol. The van der Waals surface area contributed by atoms with Gasteiger partial charge < -0.3 is 10.1 Å². The van der Waals surface area contributed by atoms with Gasteiger partial charge in [-0.25, -0.2) is 0 Å². The Bertz CT molecular complexity index is 715. The second kappa shape index (κ2) is 10.2. The minimum atomic E-state index is -0.117. The Hall–Kier alpha value is -2.37. The Balaban J connectivity index is 1.38. The fraction of sp³-hybridized carbons (Fsp3) is 0.435.